The Bertz CT molecular complexity index is 436. The molecule has 0 fully saturated rings. The summed E-state index contributed by atoms with van der Waals surface area (Å²) in [6, 6.07) is 6.08. The Morgan fingerprint density at radius 1 is 1.25 bits per heavy atom. The van der Waals surface area contributed by atoms with Crippen molar-refractivity contribution in [3.05, 3.63) is 26.5 Å². The van der Waals surface area contributed by atoms with Crippen LogP contribution >= 0.6 is 43.2 Å². The van der Waals surface area contributed by atoms with Crippen LogP contribution < -0.4 is 5.73 Å². The van der Waals surface area contributed by atoms with Crippen LogP contribution in [0, 0.1) is 0 Å². The largest absolute Gasteiger partial charge is 0.397 e. The Labute approximate surface area is 90.8 Å². The van der Waals surface area contributed by atoms with Crippen LogP contribution in [-0.4, -0.2) is 0 Å². The van der Waals surface area contributed by atoms with Crippen molar-refractivity contribution < 1.29 is 0 Å². The van der Waals surface area contributed by atoms with E-state index in [1.54, 1.807) is 11.3 Å². The zero-order chi connectivity index (χ0) is 8.72. The molecule has 62 valence electrons. The molecule has 1 heterocycles. The molecular formula is C8H5Br2NS. The van der Waals surface area contributed by atoms with Crippen LogP contribution in [0.15, 0.2) is 26.5 Å². The first-order valence-corrected chi connectivity index (χ1v) is 5.72. The fourth-order valence-electron chi connectivity index (χ4n) is 1.08. The van der Waals surface area contributed by atoms with Gasteiger partial charge < -0.3 is 5.73 Å². The van der Waals surface area contributed by atoms with E-state index < -0.39 is 0 Å². The molecule has 4 heteroatoms. The van der Waals surface area contributed by atoms with Gasteiger partial charge in [0.05, 0.1) is 9.47 Å². The van der Waals surface area contributed by atoms with Crippen molar-refractivity contribution in [2.75, 3.05) is 5.73 Å². The van der Waals surface area contributed by atoms with Gasteiger partial charge in [-0.1, -0.05) is 0 Å². The van der Waals surface area contributed by atoms with Crippen LogP contribution in [-0.2, 0) is 0 Å². The van der Waals surface area contributed by atoms with E-state index in [0.717, 1.165) is 19.3 Å². The normalized spacial score (nSPS) is 10.8. The SMILES string of the molecule is Nc1c(Br)ccc2sc(Br)cc12. The topological polar surface area (TPSA) is 26.0 Å². The van der Waals surface area contributed by atoms with E-state index in [9.17, 15) is 0 Å². The number of thiophene rings is 1. The monoisotopic (exact) mass is 305 g/mol. The lowest BCUT2D eigenvalue weighted by atomic mass is 10.2. The Balaban J connectivity index is 2.89. The summed E-state index contributed by atoms with van der Waals surface area (Å²) >= 11 is 8.51. The van der Waals surface area contributed by atoms with Gasteiger partial charge in [0, 0.05) is 14.6 Å². The molecule has 0 unspecified atom stereocenters. The third-order valence-corrected chi connectivity index (χ3v) is 3.95. The minimum atomic E-state index is 0.814. The van der Waals surface area contributed by atoms with Crippen LogP contribution in [0.1, 0.15) is 0 Å². The molecule has 1 nitrogen and oxygen atoms in total. The molecular weight excluding hydrogens is 302 g/mol. The second kappa shape index (κ2) is 3.01. The van der Waals surface area contributed by atoms with E-state index in [-0.39, 0.29) is 0 Å². The highest BCUT2D eigenvalue weighted by Crippen LogP contribution is 2.36. The fourth-order valence-corrected chi connectivity index (χ4v) is 2.98. The van der Waals surface area contributed by atoms with Crippen molar-refractivity contribution >= 4 is 59.0 Å². The van der Waals surface area contributed by atoms with E-state index in [0.29, 0.717) is 0 Å². The predicted octanol–water partition coefficient (Wildman–Crippen LogP) is 4.01. The Morgan fingerprint density at radius 2 is 2.00 bits per heavy atom. The average molecular weight is 307 g/mol. The maximum Gasteiger partial charge on any atom is 0.0711 e. The molecule has 2 N–H and O–H groups in total. The van der Waals surface area contributed by atoms with Gasteiger partial charge >= 0.3 is 0 Å². The third-order valence-electron chi connectivity index (χ3n) is 1.66. The number of rotatable bonds is 0. The molecule has 0 bridgehead atoms. The summed E-state index contributed by atoms with van der Waals surface area (Å²) in [5.41, 5.74) is 6.68. The first-order chi connectivity index (χ1) is 5.68. The van der Waals surface area contributed by atoms with Crippen LogP contribution in [0.25, 0.3) is 10.1 Å². The van der Waals surface area contributed by atoms with E-state index in [1.165, 1.54) is 4.70 Å². The molecule has 12 heavy (non-hydrogen) atoms. The van der Waals surface area contributed by atoms with Gasteiger partial charge in [0.15, 0.2) is 0 Å². The van der Waals surface area contributed by atoms with Crippen molar-refractivity contribution in [2.45, 2.75) is 0 Å². The number of hydrogen-bond donors (Lipinski definition) is 1. The second-order valence-corrected chi connectivity index (χ2v) is 5.74. The lowest BCUT2D eigenvalue weighted by Crippen LogP contribution is -1.85. The van der Waals surface area contributed by atoms with Gasteiger partial charge in [0.25, 0.3) is 0 Å². The number of halogens is 2. The summed E-state index contributed by atoms with van der Waals surface area (Å²) in [6.45, 7) is 0. The minimum Gasteiger partial charge on any atom is -0.397 e. The van der Waals surface area contributed by atoms with Crippen molar-refractivity contribution in [2.24, 2.45) is 0 Å². The number of fused-ring (bicyclic) bond motifs is 1. The summed E-state index contributed by atoms with van der Waals surface area (Å²) in [4.78, 5) is 0. The van der Waals surface area contributed by atoms with E-state index in [4.69, 9.17) is 5.73 Å². The van der Waals surface area contributed by atoms with Crippen LogP contribution in [0.3, 0.4) is 0 Å². The van der Waals surface area contributed by atoms with Gasteiger partial charge in [0.2, 0.25) is 0 Å². The predicted molar refractivity (Wildman–Crippen MR) is 61.6 cm³/mol. The summed E-state index contributed by atoms with van der Waals surface area (Å²) in [5.74, 6) is 0. The van der Waals surface area contributed by atoms with Crippen LogP contribution in [0.4, 0.5) is 5.69 Å². The molecule has 0 saturated heterocycles. The van der Waals surface area contributed by atoms with Gasteiger partial charge in [-0.2, -0.15) is 0 Å². The zero-order valence-corrected chi connectivity index (χ0v) is 9.96. The molecule has 2 rings (SSSR count). The van der Waals surface area contributed by atoms with Gasteiger partial charge in [-0.15, -0.1) is 11.3 Å². The maximum absolute atomic E-state index is 5.87. The summed E-state index contributed by atoms with van der Waals surface area (Å²) in [7, 11) is 0. The van der Waals surface area contributed by atoms with Crippen molar-refractivity contribution in [3.63, 3.8) is 0 Å². The summed E-state index contributed by atoms with van der Waals surface area (Å²) in [5, 5.41) is 1.11. The number of nitrogen functional groups attached to an aromatic ring is 1. The molecule has 1 aromatic carbocycles. The number of hydrogen-bond acceptors (Lipinski definition) is 2. The number of benzene rings is 1. The minimum absolute atomic E-state index is 0.814. The zero-order valence-electron chi connectivity index (χ0n) is 5.97. The molecule has 0 radical (unpaired) electrons. The quantitative estimate of drug-likeness (QED) is 0.731. The van der Waals surface area contributed by atoms with Crippen LogP contribution in [0.2, 0.25) is 0 Å². The fraction of sp³-hybridized carbons (Fsp3) is 0. The molecule has 1 aromatic heterocycles. The van der Waals surface area contributed by atoms with Crippen LogP contribution in [0.5, 0.6) is 0 Å². The van der Waals surface area contributed by atoms with Crippen molar-refractivity contribution in [3.8, 4) is 0 Å². The van der Waals surface area contributed by atoms with Crippen molar-refractivity contribution in [1.82, 2.24) is 0 Å². The number of anilines is 1. The Morgan fingerprint density at radius 3 is 2.75 bits per heavy atom. The van der Waals surface area contributed by atoms with E-state index in [1.807, 2.05) is 12.1 Å². The van der Waals surface area contributed by atoms with Gasteiger partial charge in [-0.05, 0) is 50.1 Å². The number of nitrogens with two attached hydrogens (primary N) is 1. The highest BCUT2D eigenvalue weighted by atomic mass is 79.9. The van der Waals surface area contributed by atoms with E-state index >= 15 is 0 Å². The lowest BCUT2D eigenvalue weighted by molar-refractivity contribution is 1.73. The van der Waals surface area contributed by atoms with E-state index in [2.05, 4.69) is 37.9 Å². The molecule has 0 aliphatic rings. The second-order valence-electron chi connectivity index (χ2n) is 2.42. The Hall–Kier alpha value is -0.0600. The molecule has 0 amide bonds. The molecule has 0 spiro atoms. The first-order valence-electron chi connectivity index (χ1n) is 3.31. The summed E-state index contributed by atoms with van der Waals surface area (Å²) < 4.78 is 3.28. The standard InChI is InChI=1S/C8H5Br2NS/c9-5-1-2-6-4(8(5)11)3-7(10)12-6/h1-3H,11H2. The molecule has 0 atom stereocenters. The van der Waals surface area contributed by atoms with Crippen molar-refractivity contribution in [1.29, 1.82) is 0 Å². The third kappa shape index (κ3) is 1.28. The molecule has 2 aromatic rings. The average Bonchev–Trinajstić information content (AvgIpc) is 2.39. The smallest absolute Gasteiger partial charge is 0.0711 e. The molecule has 0 aliphatic carbocycles. The first kappa shape index (κ1) is 8.53. The molecule has 0 saturated carbocycles. The van der Waals surface area contributed by atoms with Gasteiger partial charge in [0.1, 0.15) is 0 Å². The van der Waals surface area contributed by atoms with Gasteiger partial charge in [-0.25, -0.2) is 0 Å². The molecule has 0 aliphatic heterocycles. The maximum atomic E-state index is 5.87. The highest BCUT2D eigenvalue weighted by molar-refractivity contribution is 9.11. The summed E-state index contributed by atoms with van der Waals surface area (Å²) in [6.07, 6.45) is 0. The lowest BCUT2D eigenvalue weighted by Gasteiger charge is -1.97. The Kier molecular flexibility index (Phi) is 2.14. The van der Waals surface area contributed by atoms with Gasteiger partial charge in [-0.3, -0.25) is 0 Å². The highest BCUT2D eigenvalue weighted by Gasteiger charge is 2.04.